The molecule has 3 aromatic rings. The van der Waals surface area contributed by atoms with Gasteiger partial charge in [-0.3, -0.25) is 4.79 Å². The predicted octanol–water partition coefficient (Wildman–Crippen LogP) is 7.69. The van der Waals surface area contributed by atoms with E-state index in [0.717, 1.165) is 41.7 Å². The van der Waals surface area contributed by atoms with Crippen molar-refractivity contribution < 1.29 is 28.9 Å². The van der Waals surface area contributed by atoms with Crippen LogP contribution in [0.15, 0.2) is 54.6 Å². The van der Waals surface area contributed by atoms with Gasteiger partial charge in [0.25, 0.3) is 6.47 Å². The SMILES string of the molecule is CC.CCc1ccc(N(C)Cc2ccc(C)cc2OC)c(C(CC(C=O)CC)c2cccc(OC)c2OC)c1.O=CO. The van der Waals surface area contributed by atoms with Crippen molar-refractivity contribution in [2.45, 2.75) is 66.3 Å². The molecule has 2 atom stereocenters. The first kappa shape index (κ1) is 36.0. The van der Waals surface area contributed by atoms with Gasteiger partial charge in [0.15, 0.2) is 11.5 Å². The molecule has 7 heteroatoms. The zero-order chi connectivity index (χ0) is 31.7. The first-order valence-corrected chi connectivity index (χ1v) is 14.5. The lowest BCUT2D eigenvalue weighted by molar-refractivity contribution is -0.122. The second-order valence-electron chi connectivity index (χ2n) is 9.70. The summed E-state index contributed by atoms with van der Waals surface area (Å²) in [5.41, 5.74) is 6.87. The summed E-state index contributed by atoms with van der Waals surface area (Å²) in [6.07, 6.45) is 3.48. The van der Waals surface area contributed by atoms with E-state index in [0.29, 0.717) is 24.5 Å². The van der Waals surface area contributed by atoms with Crippen LogP contribution in [0.1, 0.15) is 74.3 Å². The van der Waals surface area contributed by atoms with Crippen molar-refractivity contribution in [2.24, 2.45) is 5.92 Å². The molecule has 0 saturated carbocycles. The third-order valence-corrected chi connectivity index (χ3v) is 7.20. The number of aryl methyl sites for hydroxylation is 2. The summed E-state index contributed by atoms with van der Waals surface area (Å²) in [5, 5.41) is 6.89. The molecule has 0 amide bonds. The van der Waals surface area contributed by atoms with Crippen LogP contribution in [0, 0.1) is 12.8 Å². The van der Waals surface area contributed by atoms with Crippen molar-refractivity contribution in [1.82, 2.24) is 0 Å². The van der Waals surface area contributed by atoms with Crippen LogP contribution in [0.3, 0.4) is 0 Å². The molecule has 2 unspecified atom stereocenters. The maximum absolute atomic E-state index is 12.0. The number of anilines is 1. The fraction of sp³-hybridized carbons (Fsp3) is 0.429. The van der Waals surface area contributed by atoms with Crippen LogP contribution in [0.4, 0.5) is 5.69 Å². The number of rotatable bonds is 13. The standard InChI is InChI=1S/C32H41NO4.C2H6.CH2O2/c1-8-23-14-16-29(33(4)20-25-15-13-22(3)17-31(25)36-6)28(18-23)27(19-24(9-2)21-34)26-11-10-12-30(35-5)32(26)37-7;1-2;2-1-3/h10-18,21,24,27H,8-9,19-20H2,1-7H3;1-2H3;1H,(H,2,3). The van der Waals surface area contributed by atoms with Crippen molar-refractivity contribution in [3.8, 4) is 17.2 Å². The highest BCUT2D eigenvalue weighted by Crippen LogP contribution is 2.44. The molecule has 0 aliphatic carbocycles. The highest BCUT2D eigenvalue weighted by atomic mass is 16.5. The van der Waals surface area contributed by atoms with E-state index in [-0.39, 0.29) is 18.3 Å². The van der Waals surface area contributed by atoms with Gasteiger partial charge in [0, 0.05) is 42.2 Å². The normalized spacial score (nSPS) is 11.5. The van der Waals surface area contributed by atoms with Crippen molar-refractivity contribution in [3.63, 3.8) is 0 Å². The van der Waals surface area contributed by atoms with E-state index in [1.165, 1.54) is 16.7 Å². The molecule has 0 spiro atoms. The van der Waals surface area contributed by atoms with Gasteiger partial charge < -0.3 is 29.0 Å². The lowest BCUT2D eigenvalue weighted by Gasteiger charge is -2.30. The zero-order valence-electron chi connectivity index (χ0n) is 26.8. The number of carbonyl (C=O) groups excluding carboxylic acids is 1. The van der Waals surface area contributed by atoms with E-state index in [4.69, 9.17) is 24.1 Å². The number of carboxylic acid groups (broad SMARTS) is 1. The Hall–Kier alpha value is -4.00. The Morgan fingerprint density at radius 2 is 1.55 bits per heavy atom. The van der Waals surface area contributed by atoms with Gasteiger partial charge in [-0.1, -0.05) is 64.1 Å². The Morgan fingerprint density at radius 3 is 2.10 bits per heavy atom. The monoisotopic (exact) mass is 579 g/mol. The molecule has 0 bridgehead atoms. The minimum Gasteiger partial charge on any atom is -0.496 e. The number of aldehydes is 1. The van der Waals surface area contributed by atoms with Gasteiger partial charge >= 0.3 is 0 Å². The van der Waals surface area contributed by atoms with E-state index in [2.05, 4.69) is 75.2 Å². The number of benzene rings is 3. The number of ether oxygens (including phenoxy) is 3. The van der Waals surface area contributed by atoms with Gasteiger partial charge in [-0.25, -0.2) is 0 Å². The Morgan fingerprint density at radius 1 is 0.881 bits per heavy atom. The zero-order valence-corrected chi connectivity index (χ0v) is 26.8. The van der Waals surface area contributed by atoms with Gasteiger partial charge in [-0.05, 0) is 61.1 Å². The highest BCUT2D eigenvalue weighted by molar-refractivity contribution is 5.63. The molecule has 3 aromatic carbocycles. The smallest absolute Gasteiger partial charge is 0.290 e. The molecule has 7 nitrogen and oxygen atoms in total. The van der Waals surface area contributed by atoms with Crippen LogP contribution in [0.25, 0.3) is 0 Å². The van der Waals surface area contributed by atoms with Crippen molar-refractivity contribution >= 4 is 18.4 Å². The van der Waals surface area contributed by atoms with Crippen molar-refractivity contribution in [2.75, 3.05) is 33.3 Å². The van der Waals surface area contributed by atoms with E-state index < -0.39 is 0 Å². The van der Waals surface area contributed by atoms with Crippen molar-refractivity contribution in [3.05, 3.63) is 82.4 Å². The number of carbonyl (C=O) groups is 2. The van der Waals surface area contributed by atoms with E-state index in [1.807, 2.05) is 26.0 Å². The topological polar surface area (TPSA) is 85.3 Å². The molecular weight excluding hydrogens is 530 g/mol. The molecule has 1 N–H and O–H groups in total. The average Bonchev–Trinajstić information content (AvgIpc) is 3.03. The second-order valence-corrected chi connectivity index (χ2v) is 9.70. The van der Waals surface area contributed by atoms with E-state index in [9.17, 15) is 4.79 Å². The van der Waals surface area contributed by atoms with Gasteiger partial charge in [0.05, 0.1) is 21.3 Å². The molecule has 42 heavy (non-hydrogen) atoms. The lowest BCUT2D eigenvalue weighted by atomic mass is 9.81. The van der Waals surface area contributed by atoms with Gasteiger partial charge in [0.2, 0.25) is 0 Å². The minimum atomic E-state index is -0.250. The van der Waals surface area contributed by atoms with E-state index >= 15 is 0 Å². The first-order chi connectivity index (χ1) is 20.3. The third-order valence-electron chi connectivity index (χ3n) is 7.20. The summed E-state index contributed by atoms with van der Waals surface area (Å²) in [5.74, 6) is 2.17. The van der Waals surface area contributed by atoms with Gasteiger partial charge in [-0.2, -0.15) is 0 Å². The summed E-state index contributed by atoms with van der Waals surface area (Å²) in [4.78, 5) is 22.6. The van der Waals surface area contributed by atoms with E-state index in [1.54, 1.807) is 21.3 Å². The lowest BCUT2D eigenvalue weighted by Crippen LogP contribution is -2.21. The second kappa shape index (κ2) is 19.2. The first-order valence-electron chi connectivity index (χ1n) is 14.5. The third kappa shape index (κ3) is 9.54. The molecule has 0 aliphatic heterocycles. The van der Waals surface area contributed by atoms with Crippen LogP contribution in [-0.2, 0) is 22.6 Å². The average molecular weight is 580 g/mol. The summed E-state index contributed by atoms with van der Waals surface area (Å²) >= 11 is 0. The number of hydrogen-bond donors (Lipinski definition) is 1. The molecule has 0 aromatic heterocycles. The Bertz CT molecular complexity index is 1240. The largest absolute Gasteiger partial charge is 0.496 e. The van der Waals surface area contributed by atoms with Crippen LogP contribution < -0.4 is 19.1 Å². The summed E-state index contributed by atoms with van der Waals surface area (Å²) < 4.78 is 17.2. The summed E-state index contributed by atoms with van der Waals surface area (Å²) in [6.45, 7) is 10.7. The quantitative estimate of drug-likeness (QED) is 0.208. The Kier molecular flexibility index (Phi) is 16.5. The number of methoxy groups -OCH3 is 3. The molecule has 3 rings (SSSR count). The molecule has 0 heterocycles. The van der Waals surface area contributed by atoms with Crippen LogP contribution in [0.2, 0.25) is 0 Å². The van der Waals surface area contributed by atoms with Crippen molar-refractivity contribution in [1.29, 1.82) is 0 Å². The molecule has 230 valence electrons. The molecule has 0 radical (unpaired) electrons. The molecular formula is C35H49NO6. The summed E-state index contributed by atoms with van der Waals surface area (Å²) in [7, 11) is 7.16. The summed E-state index contributed by atoms with van der Waals surface area (Å²) in [6, 6.07) is 19.0. The van der Waals surface area contributed by atoms with Crippen LogP contribution >= 0.6 is 0 Å². The van der Waals surface area contributed by atoms with Crippen LogP contribution in [0.5, 0.6) is 17.2 Å². The van der Waals surface area contributed by atoms with Crippen LogP contribution in [-0.4, -0.2) is 46.2 Å². The molecule has 0 fully saturated rings. The maximum atomic E-state index is 12.0. The highest BCUT2D eigenvalue weighted by Gasteiger charge is 2.27. The maximum Gasteiger partial charge on any atom is 0.290 e. The predicted molar refractivity (Wildman–Crippen MR) is 172 cm³/mol. The fourth-order valence-electron chi connectivity index (χ4n) is 5.00. The Balaban J connectivity index is 0.00000165. The fourth-order valence-corrected chi connectivity index (χ4v) is 5.00. The molecule has 0 aliphatic rings. The van der Waals surface area contributed by atoms with Gasteiger partial charge in [-0.15, -0.1) is 0 Å². The Labute approximate surface area is 252 Å². The minimum absolute atomic E-state index is 0.0518. The number of nitrogens with zero attached hydrogens (tertiary/aromatic N) is 1. The number of hydrogen-bond acceptors (Lipinski definition) is 6. The van der Waals surface area contributed by atoms with Gasteiger partial charge in [0.1, 0.15) is 12.0 Å². The molecule has 0 saturated heterocycles. The number of para-hydroxylation sites is 1.